The highest BCUT2D eigenvalue weighted by atomic mass is 19.4. The van der Waals surface area contributed by atoms with Crippen LogP contribution in [-0.4, -0.2) is 48.6 Å². The fourth-order valence-electron chi connectivity index (χ4n) is 1.27. The largest absolute Gasteiger partial charge is 0.527 e. The second kappa shape index (κ2) is 8.37. The summed E-state index contributed by atoms with van der Waals surface area (Å²) in [5.74, 6) is -25.5. The van der Waals surface area contributed by atoms with Gasteiger partial charge in [-0.25, -0.2) is 9.47 Å². The third-order valence-corrected chi connectivity index (χ3v) is 2.73. The monoisotopic (exact) mass is 548 g/mol. The van der Waals surface area contributed by atoms with Gasteiger partial charge < -0.3 is 4.74 Å². The van der Waals surface area contributed by atoms with E-state index in [4.69, 9.17) is 0 Å². The second-order valence-corrected chi connectivity index (χ2v) is 5.08. The third kappa shape index (κ3) is 5.77. The van der Waals surface area contributed by atoms with Crippen LogP contribution in [0.25, 0.3) is 0 Å². The smallest absolute Gasteiger partial charge is 0.396 e. The molecule has 0 saturated heterocycles. The van der Waals surface area contributed by atoms with Crippen LogP contribution in [-0.2, 0) is 14.2 Å². The number of alkyl halides is 17. The minimum Gasteiger partial charge on any atom is -0.396 e. The Bertz CT molecular complexity index is 731. The molecule has 23 heteroatoms. The van der Waals surface area contributed by atoms with Crippen LogP contribution in [0.5, 0.6) is 0 Å². The standard InChI is InChI=1S/C10F20O3/c11-1(12)2(13)31-8(24,25)9(26,27)32-6(20,21)4(16,17)3(14,15)5(18,19)7(22,23)33-10(28,29)30. The first-order valence-electron chi connectivity index (χ1n) is 6.50. The topological polar surface area (TPSA) is 27.7 Å². The molecule has 198 valence electrons. The Morgan fingerprint density at radius 3 is 1.03 bits per heavy atom. The first-order chi connectivity index (χ1) is 14.0. The number of rotatable bonds is 10. The highest BCUT2D eigenvalue weighted by molar-refractivity contribution is 5.04. The van der Waals surface area contributed by atoms with Crippen LogP contribution in [0.3, 0.4) is 0 Å². The van der Waals surface area contributed by atoms with Gasteiger partial charge in [-0.2, -0.15) is 74.6 Å². The van der Waals surface area contributed by atoms with Gasteiger partial charge in [-0.05, 0) is 0 Å². The van der Waals surface area contributed by atoms with Crippen molar-refractivity contribution in [3.63, 3.8) is 0 Å². The number of hydrogen-bond donors (Lipinski definition) is 0. The molecule has 0 N–H and O–H groups in total. The van der Waals surface area contributed by atoms with Crippen molar-refractivity contribution in [2.45, 2.75) is 48.6 Å². The summed E-state index contributed by atoms with van der Waals surface area (Å²) in [5, 5.41) is 0. The SMILES string of the molecule is FC(F)=C(F)OC(F)(F)C(F)(F)OC(F)(F)C(F)(F)C(F)(F)C(F)(F)C(F)(F)OC(F)(F)F. The van der Waals surface area contributed by atoms with Crippen molar-refractivity contribution in [3.05, 3.63) is 12.1 Å². The number of ether oxygens (including phenoxy) is 3. The minimum absolute atomic E-state index is 1.12. The molecule has 33 heavy (non-hydrogen) atoms. The van der Waals surface area contributed by atoms with Crippen LogP contribution < -0.4 is 0 Å². The normalized spacial score (nSPS) is 15.5. The van der Waals surface area contributed by atoms with Crippen LogP contribution in [0.15, 0.2) is 12.1 Å². The van der Waals surface area contributed by atoms with Crippen LogP contribution in [0.1, 0.15) is 0 Å². The molecule has 0 aromatic rings. The maximum Gasteiger partial charge on any atom is 0.527 e. The molecule has 3 nitrogen and oxygen atoms in total. The van der Waals surface area contributed by atoms with E-state index in [1.54, 1.807) is 4.74 Å². The first-order valence-corrected chi connectivity index (χ1v) is 6.50. The van der Waals surface area contributed by atoms with Crippen molar-refractivity contribution in [1.29, 1.82) is 0 Å². The van der Waals surface area contributed by atoms with Crippen LogP contribution >= 0.6 is 0 Å². The Kier molecular flexibility index (Phi) is 7.88. The lowest BCUT2D eigenvalue weighted by molar-refractivity contribution is -0.537. The summed E-state index contributed by atoms with van der Waals surface area (Å²) in [7, 11) is 0. The van der Waals surface area contributed by atoms with Gasteiger partial charge in [-0.1, -0.05) is 0 Å². The van der Waals surface area contributed by atoms with Gasteiger partial charge in [-0.15, -0.1) is 13.2 Å². The molecule has 0 aliphatic carbocycles. The zero-order valence-corrected chi connectivity index (χ0v) is 13.8. The van der Waals surface area contributed by atoms with Crippen molar-refractivity contribution < 1.29 is 102 Å². The third-order valence-electron chi connectivity index (χ3n) is 2.73. The van der Waals surface area contributed by atoms with Gasteiger partial charge in [0, 0.05) is 0 Å². The molecule has 0 radical (unpaired) electrons. The molecule has 0 aliphatic heterocycles. The van der Waals surface area contributed by atoms with E-state index >= 15 is 0 Å². The van der Waals surface area contributed by atoms with Gasteiger partial charge in [0.1, 0.15) is 0 Å². The molecule has 0 bridgehead atoms. The zero-order chi connectivity index (χ0) is 27.3. The van der Waals surface area contributed by atoms with Gasteiger partial charge in [0.2, 0.25) is 0 Å². The molecule has 0 rings (SSSR count). The molecule has 0 fully saturated rings. The molecule has 0 spiro atoms. The summed E-state index contributed by atoms with van der Waals surface area (Å²) >= 11 is 0. The Balaban J connectivity index is 6.32. The molecule has 0 aromatic heterocycles. The Morgan fingerprint density at radius 1 is 0.394 bits per heavy atom. The van der Waals surface area contributed by atoms with E-state index in [1.807, 2.05) is 0 Å². The summed E-state index contributed by atoms with van der Waals surface area (Å²) < 4.78 is 255. The van der Waals surface area contributed by atoms with E-state index in [1.165, 1.54) is 4.74 Å². The molecule has 0 unspecified atom stereocenters. The maximum atomic E-state index is 13.1. The molecule has 0 saturated carbocycles. The van der Waals surface area contributed by atoms with Crippen molar-refractivity contribution in [3.8, 4) is 0 Å². The lowest BCUT2D eigenvalue weighted by Gasteiger charge is -2.39. The molecular formula is C10F20O3. The van der Waals surface area contributed by atoms with Crippen LogP contribution in [0, 0.1) is 0 Å². The first kappa shape index (κ1) is 31.1. The van der Waals surface area contributed by atoms with E-state index in [2.05, 4.69) is 0 Å². The fourth-order valence-corrected chi connectivity index (χ4v) is 1.27. The zero-order valence-electron chi connectivity index (χ0n) is 13.8. The maximum absolute atomic E-state index is 13.1. The molecule has 0 heterocycles. The van der Waals surface area contributed by atoms with Crippen LogP contribution in [0.2, 0.25) is 0 Å². The second-order valence-electron chi connectivity index (χ2n) is 5.08. The predicted octanol–water partition coefficient (Wildman–Crippen LogP) is 6.87. The van der Waals surface area contributed by atoms with Gasteiger partial charge in [0.05, 0.1) is 0 Å². The van der Waals surface area contributed by atoms with Crippen molar-refractivity contribution in [2.24, 2.45) is 0 Å². The number of hydrogen-bond acceptors (Lipinski definition) is 3. The lowest BCUT2D eigenvalue weighted by atomic mass is 10.0. The molecule has 0 amide bonds. The summed E-state index contributed by atoms with van der Waals surface area (Å²) in [5.41, 5.74) is 0. The fraction of sp³-hybridized carbons (Fsp3) is 0.800. The molecule has 0 aromatic carbocycles. The highest BCUT2D eigenvalue weighted by Crippen LogP contribution is 2.59. The van der Waals surface area contributed by atoms with E-state index in [0.717, 1.165) is 4.74 Å². The van der Waals surface area contributed by atoms with E-state index in [9.17, 15) is 87.8 Å². The average Bonchev–Trinajstić information content (AvgIpc) is 2.49. The summed E-state index contributed by atoms with van der Waals surface area (Å²) in [6, 6.07) is -4.01. The Morgan fingerprint density at radius 2 is 0.727 bits per heavy atom. The van der Waals surface area contributed by atoms with Crippen molar-refractivity contribution >= 4 is 0 Å². The van der Waals surface area contributed by atoms with Gasteiger partial charge in [0.15, 0.2) is 0 Å². The van der Waals surface area contributed by atoms with Crippen LogP contribution in [0.4, 0.5) is 87.8 Å². The number of halogens is 20. The summed E-state index contributed by atoms with van der Waals surface area (Å²) in [4.78, 5) is 0. The Labute approximate surface area is 164 Å². The highest BCUT2D eigenvalue weighted by Gasteiger charge is 2.90. The van der Waals surface area contributed by atoms with Gasteiger partial charge in [0.25, 0.3) is 0 Å². The quantitative estimate of drug-likeness (QED) is 0.221. The average molecular weight is 548 g/mol. The molecule has 0 aliphatic rings. The van der Waals surface area contributed by atoms with E-state index in [-0.39, 0.29) is 0 Å². The van der Waals surface area contributed by atoms with Crippen molar-refractivity contribution in [2.75, 3.05) is 0 Å². The minimum atomic E-state index is -8.58. The molecule has 0 atom stereocenters. The lowest BCUT2D eigenvalue weighted by Crippen LogP contribution is -2.69. The van der Waals surface area contributed by atoms with Crippen molar-refractivity contribution in [1.82, 2.24) is 0 Å². The predicted molar refractivity (Wildman–Crippen MR) is 54.3 cm³/mol. The summed E-state index contributed by atoms with van der Waals surface area (Å²) in [6.07, 6.45) is -41.9. The molecular weight excluding hydrogens is 548 g/mol. The van der Waals surface area contributed by atoms with E-state index in [0.29, 0.717) is 0 Å². The van der Waals surface area contributed by atoms with Gasteiger partial charge in [-0.3, -0.25) is 0 Å². The van der Waals surface area contributed by atoms with E-state index < -0.39 is 60.7 Å². The van der Waals surface area contributed by atoms with Gasteiger partial charge >= 0.3 is 60.7 Å². The Hall–Kier alpha value is -1.94. The summed E-state index contributed by atoms with van der Waals surface area (Å²) in [6.45, 7) is 0.